The minimum atomic E-state index is -5.50. The Hall–Kier alpha value is -1.45. The van der Waals surface area contributed by atoms with E-state index in [0.29, 0.717) is 17.5 Å². The SMILES string of the molecule is O=S(=O)(c1nnc2n1N=CCC2)C(F)(F)F. The van der Waals surface area contributed by atoms with E-state index in [9.17, 15) is 21.6 Å². The summed E-state index contributed by atoms with van der Waals surface area (Å²) in [5, 5.41) is 8.72. The molecule has 1 aromatic rings. The molecular weight excluding hydrogens is 249 g/mol. The monoisotopic (exact) mass is 254 g/mol. The van der Waals surface area contributed by atoms with Crippen molar-refractivity contribution in [2.24, 2.45) is 5.10 Å². The van der Waals surface area contributed by atoms with E-state index in [0.717, 1.165) is 0 Å². The third-order valence-electron chi connectivity index (χ3n) is 1.92. The molecule has 0 spiro atoms. The van der Waals surface area contributed by atoms with Crippen LogP contribution in [0.25, 0.3) is 0 Å². The number of alkyl halides is 3. The Morgan fingerprint density at radius 3 is 2.62 bits per heavy atom. The molecule has 16 heavy (non-hydrogen) atoms. The number of aryl methyl sites for hydroxylation is 1. The summed E-state index contributed by atoms with van der Waals surface area (Å²) in [5.41, 5.74) is -5.40. The van der Waals surface area contributed by atoms with Crippen molar-refractivity contribution in [3.8, 4) is 0 Å². The predicted molar refractivity (Wildman–Crippen MR) is 45.5 cm³/mol. The summed E-state index contributed by atoms with van der Waals surface area (Å²) < 4.78 is 59.5. The zero-order chi connectivity index (χ0) is 12.0. The average Bonchev–Trinajstić information content (AvgIpc) is 2.59. The molecule has 1 aliphatic rings. The lowest BCUT2D eigenvalue weighted by molar-refractivity contribution is -0.0442. The van der Waals surface area contributed by atoms with E-state index in [2.05, 4.69) is 15.3 Å². The average molecular weight is 254 g/mol. The van der Waals surface area contributed by atoms with E-state index in [1.54, 1.807) is 0 Å². The van der Waals surface area contributed by atoms with Crippen LogP contribution in [0.15, 0.2) is 10.3 Å². The third-order valence-corrected chi connectivity index (χ3v) is 3.26. The molecule has 0 unspecified atom stereocenters. The Labute approximate surface area is 87.7 Å². The fourth-order valence-electron chi connectivity index (χ4n) is 1.17. The molecule has 0 bridgehead atoms. The van der Waals surface area contributed by atoms with Crippen LogP contribution in [-0.2, 0) is 16.3 Å². The molecule has 0 saturated carbocycles. The first-order chi connectivity index (χ1) is 7.34. The summed E-state index contributed by atoms with van der Waals surface area (Å²) in [6.07, 6.45) is 2.11. The number of aromatic nitrogens is 3. The molecule has 6 nitrogen and oxygen atoms in total. The maximum Gasteiger partial charge on any atom is 0.505 e. The van der Waals surface area contributed by atoms with E-state index < -0.39 is 20.5 Å². The van der Waals surface area contributed by atoms with Crippen LogP contribution in [0.5, 0.6) is 0 Å². The molecule has 0 saturated heterocycles. The zero-order valence-corrected chi connectivity index (χ0v) is 8.46. The van der Waals surface area contributed by atoms with Gasteiger partial charge in [0, 0.05) is 12.6 Å². The Morgan fingerprint density at radius 1 is 1.31 bits per heavy atom. The lowest BCUT2D eigenvalue weighted by Crippen LogP contribution is -2.26. The molecule has 10 heteroatoms. The fourth-order valence-corrected chi connectivity index (χ4v) is 1.91. The lowest BCUT2D eigenvalue weighted by Gasteiger charge is -2.09. The minimum Gasteiger partial charge on any atom is -0.211 e. The molecule has 0 atom stereocenters. The lowest BCUT2D eigenvalue weighted by atomic mass is 10.3. The molecule has 0 aromatic carbocycles. The predicted octanol–water partition coefficient (Wildman–Crippen LogP) is 0.352. The van der Waals surface area contributed by atoms with Gasteiger partial charge < -0.3 is 0 Å². The van der Waals surface area contributed by atoms with E-state index >= 15 is 0 Å². The highest BCUT2D eigenvalue weighted by Crippen LogP contribution is 2.29. The van der Waals surface area contributed by atoms with Gasteiger partial charge in [-0.25, -0.2) is 8.42 Å². The van der Waals surface area contributed by atoms with Gasteiger partial charge in [0.2, 0.25) is 0 Å². The molecule has 0 fully saturated rings. The van der Waals surface area contributed by atoms with Crippen molar-refractivity contribution in [2.75, 3.05) is 0 Å². The zero-order valence-electron chi connectivity index (χ0n) is 7.64. The van der Waals surface area contributed by atoms with Crippen LogP contribution in [0.1, 0.15) is 12.2 Å². The summed E-state index contributed by atoms with van der Waals surface area (Å²) in [4.78, 5) is 0. The summed E-state index contributed by atoms with van der Waals surface area (Å²) >= 11 is 0. The van der Waals surface area contributed by atoms with Crippen LogP contribution in [0.4, 0.5) is 13.2 Å². The van der Waals surface area contributed by atoms with Gasteiger partial charge in [-0.2, -0.15) is 22.9 Å². The maximum absolute atomic E-state index is 12.2. The number of hydrogen-bond acceptors (Lipinski definition) is 5. The van der Waals surface area contributed by atoms with Crippen molar-refractivity contribution in [1.29, 1.82) is 0 Å². The molecule has 88 valence electrons. The second-order valence-electron chi connectivity index (χ2n) is 3.00. The van der Waals surface area contributed by atoms with Crippen LogP contribution < -0.4 is 0 Å². The molecule has 1 aromatic heterocycles. The first-order valence-electron chi connectivity index (χ1n) is 4.12. The maximum atomic E-state index is 12.2. The Morgan fingerprint density at radius 2 is 2.00 bits per heavy atom. The van der Waals surface area contributed by atoms with Crippen molar-refractivity contribution >= 4 is 16.1 Å². The Kier molecular flexibility index (Phi) is 2.26. The van der Waals surface area contributed by atoms with Gasteiger partial charge in [-0.3, -0.25) is 0 Å². The van der Waals surface area contributed by atoms with Crippen molar-refractivity contribution < 1.29 is 21.6 Å². The van der Waals surface area contributed by atoms with Gasteiger partial charge in [0.25, 0.3) is 5.16 Å². The van der Waals surface area contributed by atoms with Crippen LogP contribution in [0.2, 0.25) is 0 Å². The standard InChI is InChI=1S/C6H5F3N4O2S/c7-6(8,9)16(14,15)5-12-11-4-2-1-3-10-13(4)5/h3H,1-2H2. The van der Waals surface area contributed by atoms with Crippen molar-refractivity contribution in [3.05, 3.63) is 5.82 Å². The van der Waals surface area contributed by atoms with Crippen molar-refractivity contribution in [1.82, 2.24) is 14.9 Å². The number of halogens is 3. The van der Waals surface area contributed by atoms with Gasteiger partial charge >= 0.3 is 15.3 Å². The molecular formula is C6H5F3N4O2S. The largest absolute Gasteiger partial charge is 0.505 e. The highest BCUT2D eigenvalue weighted by atomic mass is 32.2. The van der Waals surface area contributed by atoms with Crippen molar-refractivity contribution in [2.45, 2.75) is 23.5 Å². The molecule has 2 rings (SSSR count). The van der Waals surface area contributed by atoms with Gasteiger partial charge in [0.05, 0.1) is 0 Å². The molecule has 0 radical (unpaired) electrons. The normalized spacial score (nSPS) is 16.2. The number of nitrogens with zero attached hydrogens (tertiary/aromatic N) is 4. The first-order valence-corrected chi connectivity index (χ1v) is 5.61. The highest BCUT2D eigenvalue weighted by molar-refractivity contribution is 7.92. The molecule has 2 heterocycles. The van der Waals surface area contributed by atoms with Crippen LogP contribution in [0.3, 0.4) is 0 Å². The van der Waals surface area contributed by atoms with Crippen molar-refractivity contribution in [3.63, 3.8) is 0 Å². The third kappa shape index (κ3) is 1.49. The highest BCUT2D eigenvalue weighted by Gasteiger charge is 2.50. The molecule has 0 aliphatic carbocycles. The van der Waals surface area contributed by atoms with Gasteiger partial charge in [0.15, 0.2) is 5.82 Å². The van der Waals surface area contributed by atoms with Crippen LogP contribution in [0, 0.1) is 0 Å². The van der Waals surface area contributed by atoms with Gasteiger partial charge in [-0.15, -0.1) is 10.2 Å². The number of fused-ring (bicyclic) bond motifs is 1. The smallest absolute Gasteiger partial charge is 0.211 e. The van der Waals surface area contributed by atoms with Gasteiger partial charge in [-0.05, 0) is 6.42 Å². The topological polar surface area (TPSA) is 77.2 Å². The van der Waals surface area contributed by atoms with E-state index in [4.69, 9.17) is 0 Å². The molecule has 1 aliphatic heterocycles. The van der Waals surface area contributed by atoms with Gasteiger partial charge in [-0.1, -0.05) is 0 Å². The Balaban J connectivity index is 2.60. The van der Waals surface area contributed by atoms with E-state index in [1.165, 1.54) is 6.21 Å². The van der Waals surface area contributed by atoms with E-state index in [-0.39, 0.29) is 5.82 Å². The second-order valence-corrected chi connectivity index (χ2v) is 4.83. The summed E-state index contributed by atoms with van der Waals surface area (Å²) in [5.74, 6) is 0.102. The summed E-state index contributed by atoms with van der Waals surface area (Å²) in [7, 11) is -5.50. The molecule has 0 N–H and O–H groups in total. The Bertz CT molecular complexity index is 545. The second kappa shape index (κ2) is 3.27. The number of rotatable bonds is 1. The summed E-state index contributed by atoms with van der Waals surface area (Å²) in [6, 6.07) is 0. The van der Waals surface area contributed by atoms with Crippen LogP contribution in [-0.4, -0.2) is 35.0 Å². The molecule has 0 amide bonds. The number of hydrogen-bond donors (Lipinski definition) is 0. The quantitative estimate of drug-likeness (QED) is 0.724. The summed E-state index contributed by atoms with van der Waals surface area (Å²) in [6.45, 7) is 0. The van der Waals surface area contributed by atoms with Crippen LogP contribution >= 0.6 is 0 Å². The number of sulfone groups is 1. The van der Waals surface area contributed by atoms with E-state index in [1.807, 2.05) is 0 Å². The minimum absolute atomic E-state index is 0.102. The first kappa shape index (κ1) is 11.0. The van der Waals surface area contributed by atoms with Gasteiger partial charge in [0.1, 0.15) is 0 Å². The fraction of sp³-hybridized carbons (Fsp3) is 0.500.